The molecule has 0 aromatic carbocycles. The largest absolute Gasteiger partial charge is 2.00 e. The maximum absolute atomic E-state index is 2.42. The minimum atomic E-state index is -1.55. The van der Waals surface area contributed by atoms with Crippen molar-refractivity contribution in [3.8, 4) is 0 Å². The summed E-state index contributed by atoms with van der Waals surface area (Å²) in [7, 11) is -1.55. The van der Waals surface area contributed by atoms with Crippen molar-refractivity contribution in [2.24, 2.45) is 0 Å². The van der Waals surface area contributed by atoms with Gasteiger partial charge in [-0.3, -0.25) is 0 Å². The summed E-state index contributed by atoms with van der Waals surface area (Å²) < 4.78 is 0. The molecule has 0 N–H and O–H groups in total. The molecule has 0 atom stereocenters. The monoisotopic (exact) mass is 364 g/mol. The molecule has 2 aliphatic rings. The summed E-state index contributed by atoms with van der Waals surface area (Å²) in [5.41, 5.74) is 3.13. The summed E-state index contributed by atoms with van der Waals surface area (Å²) in [5.74, 6) is 0. The van der Waals surface area contributed by atoms with Gasteiger partial charge in [-0.05, 0) is 0 Å². The molecule has 1 aliphatic heterocycles. The molecule has 0 nitrogen and oxygen atoms in total. The van der Waals surface area contributed by atoms with E-state index in [0.29, 0.717) is 0 Å². The molecule has 5 heteroatoms. The van der Waals surface area contributed by atoms with E-state index < -0.39 is 7.14 Å². The molecule has 0 bridgehead atoms. The molecule has 0 spiro atoms. The van der Waals surface area contributed by atoms with Crippen molar-refractivity contribution in [2.45, 2.75) is 47.8 Å². The zero-order chi connectivity index (χ0) is 12.8. The maximum atomic E-state index is 2.42. The number of hydrogen-bond acceptors (Lipinski definition) is 0. The van der Waals surface area contributed by atoms with Gasteiger partial charge in [0.15, 0.2) is 0 Å². The summed E-state index contributed by atoms with van der Waals surface area (Å²) in [4.78, 5) is 0. The molecule has 2 rings (SSSR count). The van der Waals surface area contributed by atoms with Crippen LogP contribution in [0.2, 0.25) is 13.6 Å². The van der Waals surface area contributed by atoms with Crippen LogP contribution in [0.3, 0.4) is 0 Å². The van der Waals surface area contributed by atoms with Crippen molar-refractivity contribution in [1.29, 1.82) is 0 Å². The van der Waals surface area contributed by atoms with Crippen LogP contribution in [0.4, 0.5) is 0 Å². The van der Waals surface area contributed by atoms with Gasteiger partial charge in [-0.1, -0.05) is 0 Å². The first kappa shape index (κ1) is 23.0. The first-order chi connectivity index (χ1) is 7.94. The van der Waals surface area contributed by atoms with Gasteiger partial charge < -0.3 is 24.8 Å². The van der Waals surface area contributed by atoms with Gasteiger partial charge in [0.25, 0.3) is 0 Å². The van der Waals surface area contributed by atoms with Crippen LogP contribution in [0.15, 0.2) is 45.3 Å². The maximum Gasteiger partial charge on any atom is 2.00 e. The van der Waals surface area contributed by atoms with Gasteiger partial charge in [-0.2, -0.15) is 0 Å². The van der Waals surface area contributed by atoms with Crippen LogP contribution in [0.5, 0.6) is 0 Å². The van der Waals surface area contributed by atoms with E-state index in [9.17, 15) is 0 Å². The molecule has 110 valence electrons. The fourth-order valence-corrected chi connectivity index (χ4v) is 10.2. The Hall–Kier alpha value is 0.749. The Morgan fingerprint density at radius 3 is 1.70 bits per heavy atom. The summed E-state index contributed by atoms with van der Waals surface area (Å²) in [5, 5.41) is 5.13. The SMILES string of the molecule is CB(C)[PH]1(C2=CC=CC2)C(C)=C(C)C(C)=C1C.[Cl-].[Cl-].[Ti+2]. The van der Waals surface area contributed by atoms with E-state index in [2.05, 4.69) is 59.6 Å². The van der Waals surface area contributed by atoms with Gasteiger partial charge in [0, 0.05) is 0 Å². The van der Waals surface area contributed by atoms with E-state index in [-0.39, 0.29) is 46.5 Å². The average molecular weight is 365 g/mol. The Bertz CT molecular complexity index is 466. The zero-order valence-corrected chi connectivity index (χ0v) is 17.3. The van der Waals surface area contributed by atoms with Crippen molar-refractivity contribution in [2.75, 3.05) is 0 Å². The summed E-state index contributed by atoms with van der Waals surface area (Å²) in [6.07, 6.45) is 8.90. The molecule has 0 fully saturated rings. The Morgan fingerprint density at radius 2 is 1.40 bits per heavy atom. The molecule has 0 saturated carbocycles. The normalized spacial score (nSPS) is 20.8. The van der Waals surface area contributed by atoms with E-state index in [4.69, 9.17) is 0 Å². The second-order valence-corrected chi connectivity index (χ2v) is 10.7. The first-order valence-electron chi connectivity index (χ1n) is 6.66. The Labute approximate surface area is 152 Å². The Balaban J connectivity index is 0. The third kappa shape index (κ3) is 3.09. The van der Waals surface area contributed by atoms with Crippen molar-refractivity contribution >= 4 is 13.6 Å². The third-order valence-corrected chi connectivity index (χ3v) is 11.2. The number of allylic oxidation sites excluding steroid dienone is 8. The molecule has 1 heterocycles. The molecular weight excluding hydrogens is 341 g/mol. The third-order valence-electron chi connectivity index (χ3n) is 5.01. The van der Waals surface area contributed by atoms with Crippen molar-refractivity contribution in [3.05, 3.63) is 45.3 Å². The van der Waals surface area contributed by atoms with Crippen LogP contribution in [0.1, 0.15) is 34.1 Å². The quantitative estimate of drug-likeness (QED) is 0.455. The van der Waals surface area contributed by atoms with Gasteiger partial charge >= 0.3 is 128 Å². The van der Waals surface area contributed by atoms with Crippen LogP contribution in [0, 0.1) is 0 Å². The summed E-state index contributed by atoms with van der Waals surface area (Å²) in [6.45, 7) is 14.2. The van der Waals surface area contributed by atoms with Gasteiger partial charge in [0.1, 0.15) is 0 Å². The van der Waals surface area contributed by atoms with Crippen molar-refractivity contribution < 1.29 is 46.5 Å². The predicted molar refractivity (Wildman–Crippen MR) is 84.4 cm³/mol. The molecule has 1 aliphatic carbocycles. The second kappa shape index (κ2) is 8.40. The van der Waals surface area contributed by atoms with Crippen LogP contribution in [0.25, 0.3) is 0 Å². The smallest absolute Gasteiger partial charge is 1.00 e. The minimum Gasteiger partial charge on any atom is -1.00 e. The van der Waals surface area contributed by atoms with Crippen molar-refractivity contribution in [3.63, 3.8) is 0 Å². The molecule has 20 heavy (non-hydrogen) atoms. The molecule has 0 saturated heterocycles. The number of rotatable bonds is 2. The molecule has 0 aromatic heterocycles. The van der Waals surface area contributed by atoms with Crippen LogP contribution in [-0.4, -0.2) is 6.43 Å². The van der Waals surface area contributed by atoms with Crippen LogP contribution >= 0.6 is 7.14 Å². The zero-order valence-electron chi connectivity index (χ0n) is 13.3. The molecular formula is C15H24BCl2PTi. The van der Waals surface area contributed by atoms with Gasteiger partial charge in [0.2, 0.25) is 0 Å². The molecule has 0 unspecified atom stereocenters. The molecule has 0 radical (unpaired) electrons. The fraction of sp³-hybridized carbons (Fsp3) is 0.467. The summed E-state index contributed by atoms with van der Waals surface area (Å²) >= 11 is 0. The fourth-order valence-electron chi connectivity index (χ4n) is 3.89. The average Bonchev–Trinajstić information content (AvgIpc) is 2.85. The van der Waals surface area contributed by atoms with E-state index in [1.54, 1.807) is 27.1 Å². The minimum absolute atomic E-state index is 0. The number of hydrogen-bond donors (Lipinski definition) is 0. The van der Waals surface area contributed by atoms with E-state index in [1.807, 2.05) is 0 Å². The molecule has 0 amide bonds. The van der Waals surface area contributed by atoms with Crippen molar-refractivity contribution in [1.82, 2.24) is 0 Å². The van der Waals surface area contributed by atoms with Crippen LogP contribution in [-0.2, 0) is 21.7 Å². The standard InChI is InChI=1S/C15H24BP.2ClH.Ti/c1-11-12(2)14(4)17(13(11)3,16(5)6)15-9-7-8-10-15;;;/h7-9,17H,10H2,1-6H3;2*1H;/q;;;+2/p-2. The first-order valence-corrected chi connectivity index (χ1v) is 8.74. The van der Waals surface area contributed by atoms with E-state index >= 15 is 0 Å². The van der Waals surface area contributed by atoms with Gasteiger partial charge in [-0.15, -0.1) is 0 Å². The summed E-state index contributed by atoms with van der Waals surface area (Å²) in [6, 6.07) is 0. The van der Waals surface area contributed by atoms with E-state index in [0.717, 1.165) is 6.43 Å². The Kier molecular flexibility index (Phi) is 9.67. The van der Waals surface area contributed by atoms with Crippen LogP contribution < -0.4 is 24.8 Å². The molecule has 0 aromatic rings. The van der Waals surface area contributed by atoms with Gasteiger partial charge in [-0.25, -0.2) is 0 Å². The second-order valence-electron chi connectivity index (χ2n) is 5.79. The topological polar surface area (TPSA) is 0 Å². The Morgan fingerprint density at radius 1 is 0.950 bits per heavy atom. The predicted octanol–water partition coefficient (Wildman–Crippen LogP) is -0.562. The number of halogens is 2. The van der Waals surface area contributed by atoms with Gasteiger partial charge in [0.05, 0.1) is 0 Å². The van der Waals surface area contributed by atoms with E-state index in [1.165, 1.54) is 6.42 Å².